The van der Waals surface area contributed by atoms with E-state index in [1.54, 1.807) is 43.5 Å². The monoisotopic (exact) mass is 546 g/mol. The van der Waals surface area contributed by atoms with Crippen LogP contribution in [0.15, 0.2) is 120 Å². The average molecular weight is 547 g/mol. The van der Waals surface area contributed by atoms with Gasteiger partial charge in [-0.3, -0.25) is 14.2 Å². The summed E-state index contributed by atoms with van der Waals surface area (Å²) in [6.07, 6.45) is 3.33. The molecule has 0 saturated carbocycles. The standard InChI is InChI=1S/C32H26N4O3S/c1-39-28-19-15-25(16-20-28)31-34-35-32(36(31)27-10-6-3-7-11-27)40-22-30(38)33-26-17-13-24(14-18-26)29(37)21-12-23-8-4-2-5-9-23/h2-21H,22H2,1H3,(H,33,38)/b21-12+. The minimum absolute atomic E-state index is 0.106. The Morgan fingerprint density at radius 3 is 2.20 bits per heavy atom. The minimum Gasteiger partial charge on any atom is -0.497 e. The molecule has 1 N–H and O–H groups in total. The number of carbonyl (C=O) groups excluding carboxylic acids is 2. The van der Waals surface area contributed by atoms with Crippen LogP contribution >= 0.6 is 11.8 Å². The highest BCUT2D eigenvalue weighted by Crippen LogP contribution is 2.29. The Kier molecular flexibility index (Phi) is 8.48. The number of ketones is 1. The van der Waals surface area contributed by atoms with Crippen LogP contribution in [0.3, 0.4) is 0 Å². The van der Waals surface area contributed by atoms with Gasteiger partial charge in [-0.2, -0.15) is 0 Å². The summed E-state index contributed by atoms with van der Waals surface area (Å²) < 4.78 is 7.21. The Morgan fingerprint density at radius 2 is 1.52 bits per heavy atom. The Labute approximate surface area is 236 Å². The average Bonchev–Trinajstić information content (AvgIpc) is 3.44. The van der Waals surface area contributed by atoms with E-state index in [0.717, 1.165) is 22.6 Å². The van der Waals surface area contributed by atoms with Crippen molar-refractivity contribution in [1.29, 1.82) is 0 Å². The molecule has 40 heavy (non-hydrogen) atoms. The molecule has 4 aromatic carbocycles. The van der Waals surface area contributed by atoms with E-state index < -0.39 is 0 Å². The molecule has 8 heteroatoms. The quantitative estimate of drug-likeness (QED) is 0.121. The molecule has 1 amide bonds. The Bertz CT molecular complexity index is 1620. The van der Waals surface area contributed by atoms with Gasteiger partial charge < -0.3 is 10.1 Å². The minimum atomic E-state index is -0.193. The zero-order valence-electron chi connectivity index (χ0n) is 21.7. The fraction of sp³-hybridized carbons (Fsp3) is 0.0625. The summed E-state index contributed by atoms with van der Waals surface area (Å²) in [7, 11) is 1.62. The molecule has 0 saturated heterocycles. The molecule has 1 aromatic heterocycles. The molecule has 0 unspecified atom stereocenters. The molecule has 0 aliphatic heterocycles. The predicted octanol–water partition coefficient (Wildman–Crippen LogP) is 6.57. The van der Waals surface area contributed by atoms with Crippen molar-refractivity contribution < 1.29 is 14.3 Å². The fourth-order valence-electron chi connectivity index (χ4n) is 3.98. The van der Waals surface area contributed by atoms with E-state index in [1.165, 1.54) is 11.8 Å². The molecule has 5 rings (SSSR count). The first kappa shape index (κ1) is 26.6. The van der Waals surface area contributed by atoms with Gasteiger partial charge in [0.25, 0.3) is 0 Å². The van der Waals surface area contributed by atoms with Crippen molar-refractivity contribution >= 4 is 35.2 Å². The van der Waals surface area contributed by atoms with Crippen molar-refractivity contribution in [3.8, 4) is 22.8 Å². The van der Waals surface area contributed by atoms with Crippen LogP contribution in [0.1, 0.15) is 15.9 Å². The van der Waals surface area contributed by atoms with Gasteiger partial charge in [-0.15, -0.1) is 10.2 Å². The second kappa shape index (κ2) is 12.7. The van der Waals surface area contributed by atoms with Gasteiger partial charge in [0.15, 0.2) is 16.8 Å². The van der Waals surface area contributed by atoms with Gasteiger partial charge in [0.2, 0.25) is 5.91 Å². The number of nitrogens with zero attached hydrogens (tertiary/aromatic N) is 3. The first-order valence-electron chi connectivity index (χ1n) is 12.6. The highest BCUT2D eigenvalue weighted by molar-refractivity contribution is 7.99. The first-order valence-corrected chi connectivity index (χ1v) is 13.5. The number of ether oxygens (including phenoxy) is 1. The molecule has 0 bridgehead atoms. The number of anilines is 1. The number of benzene rings is 4. The maximum Gasteiger partial charge on any atom is 0.234 e. The van der Waals surface area contributed by atoms with E-state index in [2.05, 4.69) is 15.5 Å². The van der Waals surface area contributed by atoms with Crippen molar-refractivity contribution in [2.45, 2.75) is 5.16 Å². The van der Waals surface area contributed by atoms with Gasteiger partial charge in [-0.25, -0.2) is 0 Å². The lowest BCUT2D eigenvalue weighted by molar-refractivity contribution is -0.113. The number of methoxy groups -OCH3 is 1. The summed E-state index contributed by atoms with van der Waals surface area (Å²) in [5.41, 5.74) is 3.88. The van der Waals surface area contributed by atoms with Crippen molar-refractivity contribution in [2.75, 3.05) is 18.2 Å². The lowest BCUT2D eigenvalue weighted by Crippen LogP contribution is -2.14. The normalized spacial score (nSPS) is 10.9. The second-order valence-electron chi connectivity index (χ2n) is 8.73. The molecule has 0 atom stereocenters. The third-order valence-corrected chi connectivity index (χ3v) is 6.94. The molecular weight excluding hydrogens is 520 g/mol. The van der Waals surface area contributed by atoms with Crippen LogP contribution in [-0.4, -0.2) is 39.3 Å². The van der Waals surface area contributed by atoms with E-state index in [4.69, 9.17) is 4.74 Å². The maximum atomic E-state index is 12.8. The molecule has 0 fully saturated rings. The largest absolute Gasteiger partial charge is 0.497 e. The number of amides is 1. The van der Waals surface area contributed by atoms with Crippen LogP contribution in [0, 0.1) is 0 Å². The third kappa shape index (κ3) is 6.54. The van der Waals surface area contributed by atoms with E-state index in [1.807, 2.05) is 89.5 Å². The van der Waals surface area contributed by atoms with E-state index in [0.29, 0.717) is 22.2 Å². The Hall–Kier alpha value is -4.95. The number of hydrogen-bond acceptors (Lipinski definition) is 6. The molecular formula is C32H26N4O3S. The summed E-state index contributed by atoms with van der Waals surface area (Å²) >= 11 is 1.29. The van der Waals surface area contributed by atoms with Crippen LogP contribution < -0.4 is 10.1 Å². The SMILES string of the molecule is COc1ccc(-c2nnc(SCC(=O)Nc3ccc(C(=O)/C=C/c4ccccc4)cc3)n2-c2ccccc2)cc1. The van der Waals surface area contributed by atoms with Crippen molar-refractivity contribution in [3.05, 3.63) is 126 Å². The number of carbonyl (C=O) groups is 2. The van der Waals surface area contributed by atoms with Gasteiger partial charge in [-0.1, -0.05) is 66.4 Å². The number of rotatable bonds is 10. The van der Waals surface area contributed by atoms with Gasteiger partial charge in [0, 0.05) is 22.5 Å². The summed E-state index contributed by atoms with van der Waals surface area (Å²) in [4.78, 5) is 25.3. The number of aromatic nitrogens is 3. The molecule has 198 valence electrons. The molecule has 0 radical (unpaired) electrons. The lowest BCUT2D eigenvalue weighted by atomic mass is 10.1. The van der Waals surface area contributed by atoms with E-state index in [-0.39, 0.29) is 17.4 Å². The number of thioether (sulfide) groups is 1. The molecule has 0 aliphatic carbocycles. The molecule has 1 heterocycles. The van der Waals surface area contributed by atoms with Crippen molar-refractivity contribution in [3.63, 3.8) is 0 Å². The van der Waals surface area contributed by atoms with Crippen LogP contribution in [0.25, 0.3) is 23.2 Å². The topological polar surface area (TPSA) is 86.1 Å². The summed E-state index contributed by atoms with van der Waals surface area (Å²) in [5, 5.41) is 12.3. The lowest BCUT2D eigenvalue weighted by Gasteiger charge is -2.11. The number of hydrogen-bond donors (Lipinski definition) is 1. The van der Waals surface area contributed by atoms with Gasteiger partial charge in [0.05, 0.1) is 12.9 Å². The van der Waals surface area contributed by atoms with Crippen LogP contribution in [0.2, 0.25) is 0 Å². The smallest absolute Gasteiger partial charge is 0.234 e. The predicted molar refractivity (Wildman–Crippen MR) is 159 cm³/mol. The second-order valence-corrected chi connectivity index (χ2v) is 9.67. The molecule has 0 spiro atoms. The Balaban J connectivity index is 1.25. The van der Waals surface area contributed by atoms with E-state index in [9.17, 15) is 9.59 Å². The van der Waals surface area contributed by atoms with Gasteiger partial charge in [-0.05, 0) is 72.3 Å². The fourth-order valence-corrected chi connectivity index (χ4v) is 4.73. The number of nitrogens with one attached hydrogen (secondary N) is 1. The zero-order chi connectivity index (χ0) is 27.7. The molecule has 7 nitrogen and oxygen atoms in total. The number of para-hydroxylation sites is 1. The summed E-state index contributed by atoms with van der Waals surface area (Å²) in [6, 6.07) is 33.9. The Morgan fingerprint density at radius 1 is 0.850 bits per heavy atom. The highest BCUT2D eigenvalue weighted by Gasteiger charge is 2.17. The van der Waals surface area contributed by atoms with E-state index >= 15 is 0 Å². The third-order valence-electron chi connectivity index (χ3n) is 6.01. The molecule has 5 aromatic rings. The maximum absolute atomic E-state index is 12.8. The highest BCUT2D eigenvalue weighted by atomic mass is 32.2. The summed E-state index contributed by atoms with van der Waals surface area (Å²) in [6.45, 7) is 0. The number of allylic oxidation sites excluding steroid dienone is 1. The molecule has 0 aliphatic rings. The zero-order valence-corrected chi connectivity index (χ0v) is 22.5. The van der Waals surface area contributed by atoms with Crippen LogP contribution in [-0.2, 0) is 4.79 Å². The van der Waals surface area contributed by atoms with Gasteiger partial charge in [0.1, 0.15) is 5.75 Å². The summed E-state index contributed by atoms with van der Waals surface area (Å²) in [5.74, 6) is 1.25. The van der Waals surface area contributed by atoms with Crippen LogP contribution in [0.4, 0.5) is 5.69 Å². The van der Waals surface area contributed by atoms with Gasteiger partial charge >= 0.3 is 0 Å². The van der Waals surface area contributed by atoms with Crippen LogP contribution in [0.5, 0.6) is 5.75 Å². The van der Waals surface area contributed by atoms with Crippen molar-refractivity contribution in [1.82, 2.24) is 14.8 Å². The first-order chi connectivity index (χ1) is 19.6. The van der Waals surface area contributed by atoms with Crippen molar-refractivity contribution in [2.24, 2.45) is 0 Å².